The highest BCUT2D eigenvalue weighted by atomic mass is 16.1. The summed E-state index contributed by atoms with van der Waals surface area (Å²) in [4.78, 5) is 13.5. The third-order valence-corrected chi connectivity index (χ3v) is 3.45. The van der Waals surface area contributed by atoms with Crippen LogP contribution in [-0.4, -0.2) is 25.0 Å². The number of nitrogens with zero attached hydrogens (tertiary/aromatic N) is 1. The van der Waals surface area contributed by atoms with E-state index in [9.17, 15) is 4.79 Å². The predicted molar refractivity (Wildman–Crippen MR) is 73.3 cm³/mol. The largest absolute Gasteiger partial charge is 0.369 e. The van der Waals surface area contributed by atoms with Crippen LogP contribution in [0, 0.1) is 5.92 Å². The van der Waals surface area contributed by atoms with Gasteiger partial charge in [-0.2, -0.15) is 0 Å². The number of hydrogen-bond donors (Lipinski definition) is 2. The molecule has 2 rings (SSSR count). The standard InChI is InChI=1S/C14H21N3O/c1-10(14(15)18)8-17-9-11(2)16-7-12-5-3-4-6-13(12)17/h3-6,10-11,16H,7-9H2,1-2H3,(H2,15,18). The van der Waals surface area contributed by atoms with E-state index in [1.165, 1.54) is 11.3 Å². The molecule has 0 bridgehead atoms. The first-order valence-electron chi connectivity index (χ1n) is 6.43. The highest BCUT2D eigenvalue weighted by Gasteiger charge is 2.21. The number of anilines is 1. The fraction of sp³-hybridized carbons (Fsp3) is 0.500. The van der Waals surface area contributed by atoms with Crippen molar-refractivity contribution in [3.63, 3.8) is 0 Å². The topological polar surface area (TPSA) is 58.4 Å². The summed E-state index contributed by atoms with van der Waals surface area (Å²) in [5.41, 5.74) is 7.85. The molecule has 0 saturated carbocycles. The molecule has 0 radical (unpaired) electrons. The van der Waals surface area contributed by atoms with E-state index in [0.29, 0.717) is 12.6 Å². The van der Waals surface area contributed by atoms with Crippen molar-refractivity contribution < 1.29 is 4.79 Å². The zero-order valence-electron chi connectivity index (χ0n) is 11.0. The lowest BCUT2D eigenvalue weighted by Crippen LogP contribution is -2.40. The van der Waals surface area contributed by atoms with E-state index in [1.807, 2.05) is 19.1 Å². The van der Waals surface area contributed by atoms with Crippen molar-refractivity contribution in [1.82, 2.24) is 5.32 Å². The number of rotatable bonds is 3. The minimum absolute atomic E-state index is 0.136. The van der Waals surface area contributed by atoms with Crippen molar-refractivity contribution in [1.29, 1.82) is 0 Å². The molecule has 0 saturated heterocycles. The minimum Gasteiger partial charge on any atom is -0.369 e. The van der Waals surface area contributed by atoms with Crippen molar-refractivity contribution in [2.24, 2.45) is 11.7 Å². The van der Waals surface area contributed by atoms with Gasteiger partial charge in [0.1, 0.15) is 0 Å². The number of benzene rings is 1. The Balaban J connectivity index is 2.24. The molecule has 2 unspecified atom stereocenters. The molecule has 0 aromatic heterocycles. The quantitative estimate of drug-likeness (QED) is 0.841. The van der Waals surface area contributed by atoms with E-state index >= 15 is 0 Å². The van der Waals surface area contributed by atoms with Gasteiger partial charge in [-0.1, -0.05) is 25.1 Å². The summed E-state index contributed by atoms with van der Waals surface area (Å²) in [7, 11) is 0. The summed E-state index contributed by atoms with van der Waals surface area (Å²) >= 11 is 0. The summed E-state index contributed by atoms with van der Waals surface area (Å²) in [5, 5.41) is 3.48. The first-order valence-corrected chi connectivity index (χ1v) is 6.43. The van der Waals surface area contributed by atoms with Crippen molar-refractivity contribution in [2.75, 3.05) is 18.0 Å². The summed E-state index contributed by atoms with van der Waals surface area (Å²) < 4.78 is 0. The number of primary amides is 1. The molecule has 1 aliphatic rings. The highest BCUT2D eigenvalue weighted by molar-refractivity contribution is 5.77. The van der Waals surface area contributed by atoms with Crippen LogP contribution in [0.5, 0.6) is 0 Å². The van der Waals surface area contributed by atoms with Gasteiger partial charge in [0.2, 0.25) is 5.91 Å². The molecule has 3 N–H and O–H groups in total. The van der Waals surface area contributed by atoms with E-state index in [1.54, 1.807) is 0 Å². The molecule has 0 spiro atoms. The van der Waals surface area contributed by atoms with Crippen molar-refractivity contribution in [3.8, 4) is 0 Å². The maximum Gasteiger partial charge on any atom is 0.222 e. The van der Waals surface area contributed by atoms with Crippen molar-refractivity contribution in [3.05, 3.63) is 29.8 Å². The number of nitrogens with one attached hydrogen (secondary N) is 1. The SMILES string of the molecule is CC1CN(CC(C)C(N)=O)c2ccccc2CN1. The predicted octanol–water partition coefficient (Wildman–Crippen LogP) is 1.11. The lowest BCUT2D eigenvalue weighted by Gasteiger charge is -2.28. The van der Waals surface area contributed by atoms with E-state index in [4.69, 9.17) is 5.73 Å². The monoisotopic (exact) mass is 247 g/mol. The van der Waals surface area contributed by atoms with Gasteiger partial charge >= 0.3 is 0 Å². The summed E-state index contributed by atoms with van der Waals surface area (Å²) in [5.74, 6) is -0.374. The van der Waals surface area contributed by atoms with E-state index in [2.05, 4.69) is 29.3 Å². The normalized spacial score (nSPS) is 21.0. The Morgan fingerprint density at radius 2 is 2.28 bits per heavy atom. The molecule has 1 aliphatic heterocycles. The molecule has 1 aromatic rings. The Hall–Kier alpha value is -1.55. The number of carbonyl (C=O) groups is 1. The second-order valence-corrected chi connectivity index (χ2v) is 5.12. The molecule has 98 valence electrons. The van der Waals surface area contributed by atoms with Gasteiger partial charge in [-0.25, -0.2) is 0 Å². The zero-order valence-corrected chi connectivity index (χ0v) is 11.0. The van der Waals surface area contributed by atoms with Gasteiger partial charge in [-0.15, -0.1) is 0 Å². The van der Waals surface area contributed by atoms with Crippen LogP contribution >= 0.6 is 0 Å². The Morgan fingerprint density at radius 3 is 3.00 bits per heavy atom. The number of nitrogens with two attached hydrogens (primary N) is 1. The van der Waals surface area contributed by atoms with Crippen molar-refractivity contribution in [2.45, 2.75) is 26.4 Å². The fourth-order valence-corrected chi connectivity index (χ4v) is 2.34. The van der Waals surface area contributed by atoms with E-state index < -0.39 is 0 Å². The second kappa shape index (κ2) is 5.40. The number of fused-ring (bicyclic) bond motifs is 1. The van der Waals surface area contributed by atoms with Gasteiger partial charge in [-0.05, 0) is 18.6 Å². The van der Waals surface area contributed by atoms with E-state index in [0.717, 1.165) is 13.1 Å². The van der Waals surface area contributed by atoms with Gasteiger partial charge < -0.3 is 16.0 Å². The maximum absolute atomic E-state index is 11.2. The maximum atomic E-state index is 11.2. The first kappa shape index (κ1) is 12.9. The number of para-hydroxylation sites is 1. The van der Waals surface area contributed by atoms with Crippen LogP contribution in [0.25, 0.3) is 0 Å². The third kappa shape index (κ3) is 2.82. The molecular weight excluding hydrogens is 226 g/mol. The van der Waals surface area contributed by atoms with Crippen molar-refractivity contribution >= 4 is 11.6 Å². The molecule has 2 atom stereocenters. The molecule has 4 heteroatoms. The smallest absolute Gasteiger partial charge is 0.222 e. The molecule has 18 heavy (non-hydrogen) atoms. The zero-order chi connectivity index (χ0) is 13.1. The average molecular weight is 247 g/mol. The van der Waals surface area contributed by atoms with Crippen LogP contribution in [0.2, 0.25) is 0 Å². The lowest BCUT2D eigenvalue weighted by atomic mass is 10.1. The number of carbonyl (C=O) groups excluding carboxylic acids is 1. The summed E-state index contributed by atoms with van der Waals surface area (Å²) in [6.45, 7) is 6.49. The van der Waals surface area contributed by atoms with Gasteiger partial charge in [0.15, 0.2) is 0 Å². The number of hydrogen-bond acceptors (Lipinski definition) is 3. The van der Waals surface area contributed by atoms with Crippen LogP contribution in [0.1, 0.15) is 19.4 Å². The highest BCUT2D eigenvalue weighted by Crippen LogP contribution is 2.24. The molecule has 4 nitrogen and oxygen atoms in total. The fourth-order valence-electron chi connectivity index (χ4n) is 2.34. The van der Waals surface area contributed by atoms with Gasteiger partial charge in [-0.3, -0.25) is 4.79 Å². The molecular formula is C14H21N3O. The molecule has 1 heterocycles. The minimum atomic E-state index is -0.239. The van der Waals surface area contributed by atoms with Crippen LogP contribution in [0.4, 0.5) is 5.69 Å². The molecule has 0 aliphatic carbocycles. The van der Waals surface area contributed by atoms with Crippen LogP contribution in [0.3, 0.4) is 0 Å². The van der Waals surface area contributed by atoms with Gasteiger partial charge in [0.05, 0.1) is 5.92 Å². The lowest BCUT2D eigenvalue weighted by molar-refractivity contribution is -0.121. The Bertz CT molecular complexity index is 433. The first-order chi connectivity index (χ1) is 8.58. The Kier molecular flexibility index (Phi) is 3.87. The summed E-state index contributed by atoms with van der Waals surface area (Å²) in [6.07, 6.45) is 0. The average Bonchev–Trinajstić information content (AvgIpc) is 2.50. The molecule has 1 aromatic carbocycles. The Morgan fingerprint density at radius 1 is 1.56 bits per heavy atom. The van der Waals surface area contributed by atoms with Crippen LogP contribution < -0.4 is 16.0 Å². The van der Waals surface area contributed by atoms with Gasteiger partial charge in [0.25, 0.3) is 0 Å². The third-order valence-electron chi connectivity index (χ3n) is 3.45. The molecule has 1 amide bonds. The molecule has 0 fully saturated rings. The van der Waals surface area contributed by atoms with Gasteiger partial charge in [0, 0.05) is 31.4 Å². The number of amides is 1. The van der Waals surface area contributed by atoms with E-state index in [-0.39, 0.29) is 11.8 Å². The van der Waals surface area contributed by atoms with Crippen LogP contribution in [0.15, 0.2) is 24.3 Å². The Labute approximate surface area is 108 Å². The summed E-state index contributed by atoms with van der Waals surface area (Å²) in [6, 6.07) is 8.73. The second-order valence-electron chi connectivity index (χ2n) is 5.12. The van der Waals surface area contributed by atoms with Crippen LogP contribution in [-0.2, 0) is 11.3 Å².